The van der Waals surface area contributed by atoms with Crippen LogP contribution < -0.4 is 19.8 Å². The number of benzene rings is 2. The van der Waals surface area contributed by atoms with Gasteiger partial charge in [-0.3, -0.25) is 9.48 Å². The molecule has 0 radical (unpaired) electrons. The molecular formula is C21H23N3O4. The largest absolute Gasteiger partial charge is 0.496 e. The van der Waals surface area contributed by atoms with E-state index in [1.54, 1.807) is 49.0 Å². The minimum Gasteiger partial charge on any atom is -0.496 e. The van der Waals surface area contributed by atoms with Gasteiger partial charge in [-0.25, -0.2) is 9.67 Å². The topological polar surface area (TPSA) is 67.0 Å². The average Bonchev–Trinajstić information content (AvgIpc) is 2.94. The van der Waals surface area contributed by atoms with Gasteiger partial charge in [0.05, 0.1) is 32.7 Å². The minimum atomic E-state index is -0.193. The molecule has 3 aromatic rings. The van der Waals surface area contributed by atoms with E-state index in [2.05, 4.69) is 4.99 Å². The molecule has 0 unspecified atom stereocenters. The van der Waals surface area contributed by atoms with Crippen LogP contribution in [0.3, 0.4) is 0 Å². The van der Waals surface area contributed by atoms with Crippen molar-refractivity contribution in [2.75, 3.05) is 21.3 Å². The van der Waals surface area contributed by atoms with Crippen molar-refractivity contribution in [1.82, 2.24) is 9.36 Å². The third kappa shape index (κ3) is 3.38. The number of methoxy groups -OCH3 is 3. The van der Waals surface area contributed by atoms with E-state index in [0.29, 0.717) is 28.5 Å². The second kappa shape index (κ2) is 8.04. The minimum absolute atomic E-state index is 0.193. The highest BCUT2D eigenvalue weighted by Crippen LogP contribution is 2.34. The first-order valence-electron chi connectivity index (χ1n) is 8.70. The number of hydrogen-bond donors (Lipinski definition) is 0. The highest BCUT2D eigenvalue weighted by Gasteiger charge is 2.16. The predicted molar refractivity (Wildman–Crippen MR) is 109 cm³/mol. The van der Waals surface area contributed by atoms with E-state index in [1.807, 2.05) is 44.3 Å². The fourth-order valence-corrected chi connectivity index (χ4v) is 2.99. The van der Waals surface area contributed by atoms with Crippen molar-refractivity contribution >= 4 is 11.9 Å². The van der Waals surface area contributed by atoms with Crippen molar-refractivity contribution in [3.63, 3.8) is 0 Å². The second-order valence-electron chi connectivity index (χ2n) is 6.12. The summed E-state index contributed by atoms with van der Waals surface area (Å²) in [4.78, 5) is 17.4. The normalized spacial score (nSPS) is 11.0. The summed E-state index contributed by atoms with van der Waals surface area (Å²) in [5, 5.41) is 0. The van der Waals surface area contributed by atoms with Crippen LogP contribution in [0.1, 0.15) is 11.3 Å². The van der Waals surface area contributed by atoms with Gasteiger partial charge in [-0.15, -0.1) is 0 Å². The summed E-state index contributed by atoms with van der Waals surface area (Å²) in [6.45, 7) is 1.86. The van der Waals surface area contributed by atoms with Crippen LogP contribution in [0.4, 0.5) is 5.69 Å². The third-order valence-electron chi connectivity index (χ3n) is 4.59. The molecule has 28 heavy (non-hydrogen) atoms. The highest BCUT2D eigenvalue weighted by molar-refractivity contribution is 5.87. The number of hydrogen-bond acceptors (Lipinski definition) is 5. The fraction of sp³-hybridized carbons (Fsp3) is 0.238. The van der Waals surface area contributed by atoms with Crippen LogP contribution in [0.5, 0.6) is 17.2 Å². The molecule has 1 heterocycles. The lowest BCUT2D eigenvalue weighted by molar-refractivity contribution is 0.349. The summed E-state index contributed by atoms with van der Waals surface area (Å²) in [7, 11) is 6.52. The van der Waals surface area contributed by atoms with Gasteiger partial charge in [0, 0.05) is 24.9 Å². The number of ether oxygens (including phenoxy) is 3. The molecule has 0 saturated heterocycles. The Bertz CT molecular complexity index is 1070. The molecule has 0 aliphatic carbocycles. The van der Waals surface area contributed by atoms with Gasteiger partial charge in [-0.05, 0) is 25.1 Å². The molecule has 3 rings (SSSR count). The zero-order chi connectivity index (χ0) is 20.3. The summed E-state index contributed by atoms with van der Waals surface area (Å²) >= 11 is 0. The van der Waals surface area contributed by atoms with E-state index in [9.17, 15) is 4.79 Å². The molecule has 0 spiro atoms. The monoisotopic (exact) mass is 381 g/mol. The van der Waals surface area contributed by atoms with E-state index in [4.69, 9.17) is 14.2 Å². The number of nitrogens with zero attached hydrogens (tertiary/aromatic N) is 3. The molecule has 7 heteroatoms. The Morgan fingerprint density at radius 1 is 0.929 bits per heavy atom. The number of rotatable bonds is 6. The lowest BCUT2D eigenvalue weighted by Crippen LogP contribution is -2.19. The summed E-state index contributed by atoms with van der Waals surface area (Å²) in [6.07, 6.45) is 1.60. The van der Waals surface area contributed by atoms with E-state index in [0.717, 1.165) is 11.4 Å². The van der Waals surface area contributed by atoms with Crippen LogP contribution >= 0.6 is 0 Å². The van der Waals surface area contributed by atoms with Gasteiger partial charge in [0.2, 0.25) is 0 Å². The van der Waals surface area contributed by atoms with Crippen molar-refractivity contribution in [2.45, 2.75) is 6.92 Å². The first-order valence-corrected chi connectivity index (χ1v) is 8.70. The van der Waals surface area contributed by atoms with Gasteiger partial charge >= 0.3 is 0 Å². The lowest BCUT2D eigenvalue weighted by Gasteiger charge is -2.11. The van der Waals surface area contributed by atoms with Gasteiger partial charge in [-0.1, -0.05) is 18.2 Å². The highest BCUT2D eigenvalue weighted by atomic mass is 16.5. The van der Waals surface area contributed by atoms with E-state index in [1.165, 1.54) is 0 Å². The van der Waals surface area contributed by atoms with Gasteiger partial charge in [0.1, 0.15) is 5.75 Å². The average molecular weight is 381 g/mol. The molecule has 0 bridgehead atoms. The van der Waals surface area contributed by atoms with Crippen LogP contribution in [-0.2, 0) is 7.05 Å². The maximum Gasteiger partial charge on any atom is 0.297 e. The standard InChI is InChI=1S/C21H23N3O4/c1-14-20(21(25)24(23(14)2)16-9-7-6-8-10-16)22-13-15-11-18(27-4)19(28-5)12-17(15)26-3/h6-13H,1-5H3. The quantitative estimate of drug-likeness (QED) is 0.615. The van der Waals surface area contributed by atoms with E-state index >= 15 is 0 Å². The smallest absolute Gasteiger partial charge is 0.297 e. The van der Waals surface area contributed by atoms with Gasteiger partial charge in [0.25, 0.3) is 5.56 Å². The van der Waals surface area contributed by atoms with E-state index in [-0.39, 0.29) is 5.56 Å². The first kappa shape index (κ1) is 19.3. The molecule has 0 aliphatic heterocycles. The molecule has 2 aromatic carbocycles. The van der Waals surface area contributed by atoms with Crippen molar-refractivity contribution in [1.29, 1.82) is 0 Å². The number of aliphatic imine (C=N–C) groups is 1. The molecule has 0 saturated carbocycles. The molecule has 146 valence electrons. The zero-order valence-electron chi connectivity index (χ0n) is 16.6. The number of para-hydroxylation sites is 1. The van der Waals surface area contributed by atoms with Crippen LogP contribution in [0, 0.1) is 6.92 Å². The fourth-order valence-electron chi connectivity index (χ4n) is 2.99. The Balaban J connectivity index is 2.08. The van der Waals surface area contributed by atoms with Gasteiger partial charge in [-0.2, -0.15) is 0 Å². The Labute approximate surface area is 163 Å². The van der Waals surface area contributed by atoms with Crippen molar-refractivity contribution in [3.05, 3.63) is 64.1 Å². The zero-order valence-corrected chi connectivity index (χ0v) is 16.6. The summed E-state index contributed by atoms with van der Waals surface area (Å²) < 4.78 is 19.4. The van der Waals surface area contributed by atoms with Gasteiger partial charge < -0.3 is 14.2 Å². The van der Waals surface area contributed by atoms with Gasteiger partial charge in [0.15, 0.2) is 17.2 Å². The summed E-state index contributed by atoms with van der Waals surface area (Å²) in [6, 6.07) is 12.9. The Hall–Kier alpha value is -3.48. The molecule has 0 aliphatic rings. The summed E-state index contributed by atoms with van der Waals surface area (Å²) in [5.74, 6) is 1.67. The summed E-state index contributed by atoms with van der Waals surface area (Å²) in [5.41, 5.74) is 2.38. The van der Waals surface area contributed by atoms with Crippen LogP contribution in [0.25, 0.3) is 5.69 Å². The van der Waals surface area contributed by atoms with Crippen molar-refractivity contribution < 1.29 is 14.2 Å². The molecule has 0 fully saturated rings. The van der Waals surface area contributed by atoms with Crippen LogP contribution in [0.2, 0.25) is 0 Å². The second-order valence-corrected chi connectivity index (χ2v) is 6.12. The van der Waals surface area contributed by atoms with Crippen LogP contribution in [-0.4, -0.2) is 36.9 Å². The Morgan fingerprint density at radius 3 is 2.14 bits per heavy atom. The van der Waals surface area contributed by atoms with Crippen molar-refractivity contribution in [3.8, 4) is 22.9 Å². The Kier molecular flexibility index (Phi) is 5.54. The van der Waals surface area contributed by atoms with E-state index < -0.39 is 0 Å². The Morgan fingerprint density at radius 2 is 1.54 bits per heavy atom. The number of aromatic nitrogens is 2. The molecular weight excluding hydrogens is 358 g/mol. The van der Waals surface area contributed by atoms with Crippen molar-refractivity contribution in [2.24, 2.45) is 12.0 Å². The third-order valence-corrected chi connectivity index (χ3v) is 4.59. The molecule has 0 atom stereocenters. The molecule has 7 nitrogen and oxygen atoms in total. The molecule has 1 aromatic heterocycles. The molecule has 0 N–H and O–H groups in total. The van der Waals surface area contributed by atoms with Crippen LogP contribution in [0.15, 0.2) is 52.3 Å². The maximum absolute atomic E-state index is 13.0. The predicted octanol–water partition coefficient (Wildman–Crippen LogP) is 3.26. The lowest BCUT2D eigenvalue weighted by atomic mass is 10.2. The molecule has 0 amide bonds. The maximum atomic E-state index is 13.0. The first-order chi connectivity index (χ1) is 13.5. The SMILES string of the molecule is COc1cc(OC)c(OC)cc1C=Nc1c(C)n(C)n(-c2ccccc2)c1=O.